The lowest BCUT2D eigenvalue weighted by atomic mass is 10.1. The van der Waals surface area contributed by atoms with E-state index in [4.69, 9.17) is 21.7 Å². The molecular formula is C26H29N3O5S2. The fraction of sp³-hybridized carbons (Fsp3) is 0.231. The second-order valence-electron chi connectivity index (χ2n) is 8.82. The van der Waals surface area contributed by atoms with E-state index in [9.17, 15) is 13.2 Å². The third kappa shape index (κ3) is 8.63. The highest BCUT2D eigenvalue weighted by Crippen LogP contribution is 2.17. The zero-order chi connectivity index (χ0) is 26.2. The molecule has 0 saturated carbocycles. The lowest BCUT2D eigenvalue weighted by Crippen LogP contribution is -2.40. The summed E-state index contributed by atoms with van der Waals surface area (Å²) in [6.07, 6.45) is 0. The van der Waals surface area contributed by atoms with Crippen LogP contribution in [-0.2, 0) is 10.0 Å². The Labute approximate surface area is 217 Å². The minimum absolute atomic E-state index is 0.0850. The molecule has 0 fully saturated rings. The first-order valence-corrected chi connectivity index (χ1v) is 13.1. The van der Waals surface area contributed by atoms with Crippen LogP contribution in [0.25, 0.3) is 0 Å². The summed E-state index contributed by atoms with van der Waals surface area (Å²) in [4.78, 5) is 12.6. The van der Waals surface area contributed by atoms with Gasteiger partial charge in [-0.1, -0.05) is 18.2 Å². The smallest absolute Gasteiger partial charge is 0.257 e. The number of amides is 1. The van der Waals surface area contributed by atoms with Gasteiger partial charge in [-0.3, -0.25) is 10.1 Å². The molecule has 10 heteroatoms. The SMILES string of the molecule is CC(C)(C)NS(=O)(=O)c1ccc(NC(=S)NC(=O)c2ccc(OCCOc3ccccc3)cc2)cc1. The number of sulfonamides is 1. The van der Waals surface area contributed by atoms with Gasteiger partial charge in [-0.15, -0.1) is 0 Å². The van der Waals surface area contributed by atoms with Gasteiger partial charge in [0, 0.05) is 16.8 Å². The van der Waals surface area contributed by atoms with Gasteiger partial charge in [0.25, 0.3) is 5.91 Å². The molecule has 3 aromatic carbocycles. The molecular weight excluding hydrogens is 498 g/mol. The van der Waals surface area contributed by atoms with Crippen LogP contribution in [0.4, 0.5) is 5.69 Å². The van der Waals surface area contributed by atoms with Crippen LogP contribution in [0.5, 0.6) is 11.5 Å². The first kappa shape index (κ1) is 27.1. The fourth-order valence-corrected chi connectivity index (χ4v) is 4.68. The first-order valence-electron chi connectivity index (χ1n) is 11.2. The van der Waals surface area contributed by atoms with E-state index in [1.807, 2.05) is 30.3 Å². The minimum Gasteiger partial charge on any atom is -0.490 e. The lowest BCUT2D eigenvalue weighted by molar-refractivity contribution is 0.0977. The molecule has 0 radical (unpaired) electrons. The zero-order valence-corrected chi connectivity index (χ0v) is 21.9. The van der Waals surface area contributed by atoms with Crippen LogP contribution in [0.1, 0.15) is 31.1 Å². The fourth-order valence-electron chi connectivity index (χ4n) is 3.06. The zero-order valence-electron chi connectivity index (χ0n) is 20.3. The highest BCUT2D eigenvalue weighted by molar-refractivity contribution is 7.89. The molecule has 3 rings (SSSR count). The molecule has 8 nitrogen and oxygen atoms in total. The molecule has 0 aromatic heterocycles. The van der Waals surface area contributed by atoms with E-state index in [1.165, 1.54) is 12.1 Å². The van der Waals surface area contributed by atoms with Crippen LogP contribution in [0, 0.1) is 0 Å². The highest BCUT2D eigenvalue weighted by Gasteiger charge is 2.21. The van der Waals surface area contributed by atoms with Crippen LogP contribution in [-0.4, -0.2) is 38.2 Å². The summed E-state index contributed by atoms with van der Waals surface area (Å²) in [7, 11) is -3.64. The Morgan fingerprint density at radius 2 is 1.39 bits per heavy atom. The van der Waals surface area contributed by atoms with Crippen molar-refractivity contribution < 1.29 is 22.7 Å². The molecule has 36 heavy (non-hydrogen) atoms. The van der Waals surface area contributed by atoms with Gasteiger partial charge in [0.2, 0.25) is 10.0 Å². The molecule has 0 saturated heterocycles. The third-order valence-electron chi connectivity index (χ3n) is 4.57. The monoisotopic (exact) mass is 527 g/mol. The summed E-state index contributed by atoms with van der Waals surface area (Å²) >= 11 is 5.21. The second kappa shape index (κ2) is 12.0. The van der Waals surface area contributed by atoms with Crippen molar-refractivity contribution in [2.45, 2.75) is 31.2 Å². The van der Waals surface area contributed by atoms with Crippen molar-refractivity contribution >= 4 is 38.9 Å². The summed E-state index contributed by atoms with van der Waals surface area (Å²) in [5, 5.41) is 5.56. The number of hydrogen-bond acceptors (Lipinski definition) is 6. The van der Waals surface area contributed by atoms with Crippen LogP contribution in [0.2, 0.25) is 0 Å². The van der Waals surface area contributed by atoms with Gasteiger partial charge in [0.15, 0.2) is 5.11 Å². The molecule has 1 amide bonds. The van der Waals surface area contributed by atoms with E-state index < -0.39 is 15.6 Å². The van der Waals surface area contributed by atoms with Crippen molar-refractivity contribution in [1.29, 1.82) is 0 Å². The van der Waals surface area contributed by atoms with Gasteiger partial charge >= 0.3 is 0 Å². The predicted molar refractivity (Wildman–Crippen MR) is 144 cm³/mol. The molecule has 3 aromatic rings. The molecule has 0 aliphatic heterocycles. The van der Waals surface area contributed by atoms with E-state index in [0.717, 1.165) is 5.75 Å². The standard InChI is InChI=1S/C26H29N3O5S2/c1-26(2,3)29-36(31,32)23-15-11-20(12-16-23)27-25(35)28-24(30)19-9-13-22(14-10-19)34-18-17-33-21-7-5-4-6-8-21/h4-16,29H,17-18H2,1-3H3,(H2,27,28,30,35). The van der Waals surface area contributed by atoms with Gasteiger partial charge in [0.1, 0.15) is 24.7 Å². The summed E-state index contributed by atoms with van der Waals surface area (Å²) < 4.78 is 38.6. The molecule has 0 bridgehead atoms. The van der Waals surface area contributed by atoms with Crippen molar-refractivity contribution in [3.8, 4) is 11.5 Å². The summed E-state index contributed by atoms with van der Waals surface area (Å²) in [6.45, 7) is 6.06. The van der Waals surface area contributed by atoms with Crippen molar-refractivity contribution in [3.05, 3.63) is 84.4 Å². The number of benzene rings is 3. The Kier molecular flexibility index (Phi) is 9.03. The molecule has 0 aliphatic rings. The van der Waals surface area contributed by atoms with E-state index in [-0.39, 0.29) is 15.9 Å². The predicted octanol–water partition coefficient (Wildman–Crippen LogP) is 4.35. The number of anilines is 1. The molecule has 190 valence electrons. The number of carbonyl (C=O) groups excluding carboxylic acids is 1. The lowest BCUT2D eigenvalue weighted by Gasteiger charge is -2.20. The molecule has 0 unspecified atom stereocenters. The third-order valence-corrected chi connectivity index (χ3v) is 6.55. The van der Waals surface area contributed by atoms with Crippen molar-refractivity contribution in [2.24, 2.45) is 0 Å². The average molecular weight is 528 g/mol. The molecule has 3 N–H and O–H groups in total. The topological polar surface area (TPSA) is 106 Å². The van der Waals surface area contributed by atoms with Crippen molar-refractivity contribution in [1.82, 2.24) is 10.0 Å². The van der Waals surface area contributed by atoms with Crippen LogP contribution in [0.15, 0.2) is 83.8 Å². The number of rotatable bonds is 9. The number of nitrogens with one attached hydrogen (secondary N) is 3. The Balaban J connectivity index is 1.46. The van der Waals surface area contributed by atoms with E-state index in [2.05, 4.69) is 15.4 Å². The second-order valence-corrected chi connectivity index (χ2v) is 10.9. The van der Waals surface area contributed by atoms with Gasteiger partial charge in [-0.2, -0.15) is 0 Å². The quantitative estimate of drug-likeness (QED) is 0.281. The molecule has 0 aliphatic carbocycles. The Hall–Kier alpha value is -3.47. The Morgan fingerprint density at radius 1 is 0.833 bits per heavy atom. The first-order chi connectivity index (χ1) is 17.0. The number of carbonyl (C=O) groups is 1. The van der Waals surface area contributed by atoms with Gasteiger partial charge < -0.3 is 14.8 Å². The van der Waals surface area contributed by atoms with Crippen molar-refractivity contribution in [2.75, 3.05) is 18.5 Å². The van der Waals surface area contributed by atoms with Crippen LogP contribution >= 0.6 is 12.2 Å². The van der Waals surface area contributed by atoms with E-state index in [0.29, 0.717) is 30.2 Å². The largest absolute Gasteiger partial charge is 0.490 e. The Morgan fingerprint density at radius 3 is 1.94 bits per heavy atom. The highest BCUT2D eigenvalue weighted by atomic mass is 32.2. The minimum atomic E-state index is -3.64. The normalized spacial score (nSPS) is 11.4. The summed E-state index contributed by atoms with van der Waals surface area (Å²) in [5.41, 5.74) is 0.348. The van der Waals surface area contributed by atoms with Gasteiger partial charge in [-0.05, 0) is 93.7 Å². The number of hydrogen-bond donors (Lipinski definition) is 3. The van der Waals surface area contributed by atoms with Crippen molar-refractivity contribution in [3.63, 3.8) is 0 Å². The average Bonchev–Trinajstić information content (AvgIpc) is 2.81. The maximum Gasteiger partial charge on any atom is 0.257 e. The number of ether oxygens (including phenoxy) is 2. The summed E-state index contributed by atoms with van der Waals surface area (Å²) in [6, 6.07) is 22.2. The Bertz CT molecular complexity index is 1270. The van der Waals surface area contributed by atoms with Crippen LogP contribution < -0.4 is 24.8 Å². The van der Waals surface area contributed by atoms with Crippen LogP contribution in [0.3, 0.4) is 0 Å². The molecule has 0 spiro atoms. The van der Waals surface area contributed by atoms with Gasteiger partial charge in [-0.25, -0.2) is 13.1 Å². The van der Waals surface area contributed by atoms with E-state index in [1.54, 1.807) is 57.2 Å². The number of para-hydroxylation sites is 1. The summed E-state index contributed by atoms with van der Waals surface area (Å²) in [5.74, 6) is 0.996. The molecule has 0 heterocycles. The van der Waals surface area contributed by atoms with E-state index >= 15 is 0 Å². The molecule has 0 atom stereocenters. The maximum atomic E-state index is 12.5. The maximum absolute atomic E-state index is 12.5. The van der Waals surface area contributed by atoms with Gasteiger partial charge in [0.05, 0.1) is 4.90 Å². The number of thiocarbonyl (C=S) groups is 1.